The molecule has 2 aromatic rings. The van der Waals surface area contributed by atoms with E-state index >= 15 is 0 Å². The molecule has 1 heterocycles. The van der Waals surface area contributed by atoms with Crippen LogP contribution in [0.2, 0.25) is 0 Å². The number of nitrogens with zero attached hydrogens (tertiary/aromatic N) is 1. The Morgan fingerprint density at radius 3 is 2.00 bits per heavy atom. The number of hydrogen-bond acceptors (Lipinski definition) is 1. The molecule has 0 atom stereocenters. The third kappa shape index (κ3) is 6.53. The molecule has 110 valence electrons. The molecule has 0 spiro atoms. The predicted molar refractivity (Wildman–Crippen MR) is 71.7 cm³/mol. The molecule has 0 aliphatic rings. The third-order valence-corrected chi connectivity index (χ3v) is 2.74. The van der Waals surface area contributed by atoms with Gasteiger partial charge in [-0.15, -0.1) is 0 Å². The minimum Gasteiger partial charge on any atom is -1.00 e. The van der Waals surface area contributed by atoms with Gasteiger partial charge in [-0.25, -0.2) is 0 Å². The first-order valence-electron chi connectivity index (χ1n) is 5.29. The van der Waals surface area contributed by atoms with Crippen LogP contribution in [0.1, 0.15) is 24.5 Å². The van der Waals surface area contributed by atoms with Crippen molar-refractivity contribution in [3.63, 3.8) is 0 Å². The van der Waals surface area contributed by atoms with Crippen molar-refractivity contribution in [2.75, 3.05) is 0 Å². The second-order valence-electron chi connectivity index (χ2n) is 3.70. The SMILES string of the molecule is O.O.[CH2-]CC(C[CH2-])c1ccc2ccccc2n1.[Cl-].[Cl-].[Ti+4]. The van der Waals surface area contributed by atoms with Crippen LogP contribution in [0.15, 0.2) is 36.4 Å². The van der Waals surface area contributed by atoms with E-state index in [2.05, 4.69) is 37.0 Å². The Hall–Kier alpha value is -0.156. The first kappa shape index (κ1) is 28.1. The van der Waals surface area contributed by atoms with Crippen LogP contribution in [0.3, 0.4) is 0 Å². The van der Waals surface area contributed by atoms with Gasteiger partial charge in [0.15, 0.2) is 0 Å². The molecular formula is C14H19Cl2NO2Ti. The van der Waals surface area contributed by atoms with Crippen molar-refractivity contribution < 1.29 is 57.5 Å². The largest absolute Gasteiger partial charge is 4.00 e. The van der Waals surface area contributed by atoms with Crippen LogP contribution in [0, 0.1) is 13.8 Å². The Kier molecular flexibility index (Phi) is 19.4. The van der Waals surface area contributed by atoms with Crippen molar-refractivity contribution >= 4 is 10.9 Å². The molecule has 1 aromatic heterocycles. The summed E-state index contributed by atoms with van der Waals surface area (Å²) in [5.41, 5.74) is 2.17. The number of benzene rings is 1. The second kappa shape index (κ2) is 13.8. The van der Waals surface area contributed by atoms with E-state index in [0.717, 1.165) is 24.1 Å². The smallest absolute Gasteiger partial charge is 1.00 e. The van der Waals surface area contributed by atoms with Crippen LogP contribution in [0.5, 0.6) is 0 Å². The van der Waals surface area contributed by atoms with Crippen molar-refractivity contribution in [3.05, 3.63) is 55.9 Å². The van der Waals surface area contributed by atoms with E-state index in [4.69, 9.17) is 0 Å². The number of halogens is 2. The molecule has 0 saturated heterocycles. The molecule has 0 aliphatic carbocycles. The van der Waals surface area contributed by atoms with Crippen LogP contribution in [0.4, 0.5) is 0 Å². The van der Waals surface area contributed by atoms with Gasteiger partial charge in [0, 0.05) is 11.1 Å². The minimum absolute atomic E-state index is 0. The minimum atomic E-state index is 0. The molecule has 4 N–H and O–H groups in total. The van der Waals surface area contributed by atoms with Gasteiger partial charge in [-0.1, -0.05) is 30.2 Å². The zero-order valence-corrected chi connectivity index (χ0v) is 14.1. The number of hydrogen-bond donors (Lipinski definition) is 0. The zero-order chi connectivity index (χ0) is 10.7. The van der Waals surface area contributed by atoms with Crippen LogP contribution >= 0.6 is 0 Å². The number of para-hydroxylation sites is 1. The molecule has 3 nitrogen and oxygen atoms in total. The topological polar surface area (TPSA) is 75.9 Å². The molecule has 1 aromatic carbocycles. The van der Waals surface area contributed by atoms with Gasteiger partial charge in [0.25, 0.3) is 0 Å². The van der Waals surface area contributed by atoms with E-state index in [9.17, 15) is 0 Å². The second-order valence-corrected chi connectivity index (χ2v) is 3.70. The van der Waals surface area contributed by atoms with Gasteiger partial charge in [-0.2, -0.15) is 12.8 Å². The van der Waals surface area contributed by atoms with Crippen LogP contribution in [0.25, 0.3) is 10.9 Å². The summed E-state index contributed by atoms with van der Waals surface area (Å²) >= 11 is 0. The van der Waals surface area contributed by atoms with E-state index in [1.165, 1.54) is 5.39 Å². The summed E-state index contributed by atoms with van der Waals surface area (Å²) in [6.07, 6.45) is 1.71. The van der Waals surface area contributed by atoms with Crippen LogP contribution in [-0.4, -0.2) is 15.9 Å². The van der Waals surface area contributed by atoms with Crippen molar-refractivity contribution in [2.24, 2.45) is 0 Å². The third-order valence-electron chi connectivity index (χ3n) is 2.74. The summed E-state index contributed by atoms with van der Waals surface area (Å²) < 4.78 is 0. The fourth-order valence-corrected chi connectivity index (χ4v) is 1.75. The summed E-state index contributed by atoms with van der Waals surface area (Å²) in [5.74, 6) is 0.384. The number of rotatable bonds is 3. The Balaban J connectivity index is -0.000000256. The molecule has 0 fully saturated rings. The summed E-state index contributed by atoms with van der Waals surface area (Å²) in [5, 5.41) is 1.19. The van der Waals surface area contributed by atoms with Gasteiger partial charge < -0.3 is 49.6 Å². The molecule has 0 bridgehead atoms. The Morgan fingerprint density at radius 2 is 1.45 bits per heavy atom. The number of fused-ring (bicyclic) bond motifs is 1. The normalized spacial score (nSPS) is 8.35. The molecule has 2 rings (SSSR count). The van der Waals surface area contributed by atoms with Crippen molar-refractivity contribution in [1.29, 1.82) is 0 Å². The molecule has 0 radical (unpaired) electrons. The van der Waals surface area contributed by atoms with Gasteiger partial charge >= 0.3 is 21.7 Å². The van der Waals surface area contributed by atoms with Crippen molar-refractivity contribution in [3.8, 4) is 0 Å². The maximum absolute atomic E-state index is 4.64. The molecule has 0 saturated carbocycles. The Bertz CT molecular complexity index is 468. The van der Waals surface area contributed by atoms with Crippen molar-refractivity contribution in [1.82, 2.24) is 4.98 Å². The van der Waals surface area contributed by atoms with Gasteiger partial charge in [0.1, 0.15) is 0 Å². The maximum Gasteiger partial charge on any atom is 4.00 e. The van der Waals surface area contributed by atoms with Crippen LogP contribution < -0.4 is 24.8 Å². The summed E-state index contributed by atoms with van der Waals surface area (Å²) in [6.45, 7) is 7.87. The van der Waals surface area contributed by atoms with E-state index in [1.807, 2.05) is 18.2 Å². The average molecular weight is 352 g/mol. The standard InChI is InChI=1S/C14H15N.2ClH.2H2O.Ti/c1-3-11(4-2)14-10-9-12-7-5-6-8-13(12)15-14;;;;;/h5-11H,1-4H2;2*1H;2*1H2;/q-2;;;;;+4/p-2. The molecule has 20 heavy (non-hydrogen) atoms. The van der Waals surface area contributed by atoms with E-state index in [-0.39, 0.29) is 57.5 Å². The van der Waals surface area contributed by atoms with Crippen LogP contribution in [-0.2, 0) is 21.7 Å². The zero-order valence-electron chi connectivity index (χ0n) is 11.1. The molecule has 0 amide bonds. The van der Waals surface area contributed by atoms with Crippen molar-refractivity contribution in [2.45, 2.75) is 18.8 Å². The quantitative estimate of drug-likeness (QED) is 0.411. The summed E-state index contributed by atoms with van der Waals surface area (Å²) in [4.78, 5) is 4.64. The Morgan fingerprint density at radius 1 is 0.900 bits per heavy atom. The first-order valence-corrected chi connectivity index (χ1v) is 5.29. The Labute approximate surface area is 147 Å². The van der Waals surface area contributed by atoms with E-state index in [1.54, 1.807) is 0 Å². The molecular weight excluding hydrogens is 333 g/mol. The van der Waals surface area contributed by atoms with E-state index < -0.39 is 0 Å². The first-order chi connectivity index (χ1) is 7.35. The fourth-order valence-electron chi connectivity index (χ4n) is 1.75. The average Bonchev–Trinajstić information content (AvgIpc) is 2.30. The summed E-state index contributed by atoms with van der Waals surface area (Å²) in [6, 6.07) is 12.4. The maximum atomic E-state index is 4.64. The fraction of sp³-hybridized carbons (Fsp3) is 0.214. The molecule has 0 aliphatic heterocycles. The molecule has 6 heteroatoms. The number of aromatic nitrogens is 1. The van der Waals surface area contributed by atoms with Gasteiger partial charge in [-0.05, 0) is 12.1 Å². The monoisotopic (exact) mass is 351 g/mol. The summed E-state index contributed by atoms with van der Waals surface area (Å²) in [7, 11) is 0. The predicted octanol–water partition coefficient (Wildman–Crippen LogP) is -3.88. The number of pyridine rings is 1. The van der Waals surface area contributed by atoms with Gasteiger partial charge in [-0.3, -0.25) is 4.98 Å². The molecule has 0 unspecified atom stereocenters. The van der Waals surface area contributed by atoms with E-state index in [0.29, 0.717) is 5.92 Å². The van der Waals surface area contributed by atoms with Gasteiger partial charge in [0.2, 0.25) is 0 Å². The van der Waals surface area contributed by atoms with Gasteiger partial charge in [0.05, 0.1) is 5.52 Å².